The second kappa shape index (κ2) is 5.90. The maximum atomic E-state index is 3.80. The molecule has 0 amide bonds. The molecule has 1 N–H and O–H groups in total. The zero-order valence-electron chi connectivity index (χ0n) is 9.67. The molecule has 0 aliphatic carbocycles. The Bertz CT molecular complexity index is 344. The first-order valence-corrected chi connectivity index (χ1v) is 6.14. The monoisotopic (exact) mass is 279 g/mol. The van der Waals surface area contributed by atoms with Gasteiger partial charge in [-0.25, -0.2) is 0 Å². The first kappa shape index (κ1) is 13.0. The van der Waals surface area contributed by atoms with Crippen molar-refractivity contribution in [1.29, 1.82) is 0 Å². The molecule has 86 valence electrons. The molecule has 0 unspecified atom stereocenters. The topological polar surface area (TPSA) is 12.0 Å². The van der Waals surface area contributed by atoms with Gasteiger partial charge in [0.15, 0.2) is 0 Å². The molecule has 1 nitrogen and oxygen atoms in total. The van der Waals surface area contributed by atoms with E-state index in [-0.39, 0.29) is 5.54 Å². The van der Waals surface area contributed by atoms with Crippen LogP contribution in [-0.4, -0.2) is 5.54 Å². The fourth-order valence-corrected chi connectivity index (χ4v) is 1.97. The summed E-state index contributed by atoms with van der Waals surface area (Å²) in [4.78, 5) is 0. The summed E-state index contributed by atoms with van der Waals surface area (Å²) in [5, 5.41) is 3.52. The number of halogens is 1. The molecule has 0 aromatic heterocycles. The fraction of sp³-hybridized carbons (Fsp3) is 0.286. The molecule has 0 bridgehead atoms. The molecule has 1 aromatic carbocycles. The van der Waals surface area contributed by atoms with Crippen LogP contribution in [0.2, 0.25) is 0 Å². The van der Waals surface area contributed by atoms with Gasteiger partial charge < -0.3 is 5.32 Å². The van der Waals surface area contributed by atoms with E-state index in [4.69, 9.17) is 0 Å². The highest BCUT2D eigenvalue weighted by atomic mass is 79.9. The van der Waals surface area contributed by atoms with Crippen LogP contribution in [0.1, 0.15) is 19.8 Å². The average molecular weight is 280 g/mol. The van der Waals surface area contributed by atoms with Gasteiger partial charge in [-0.15, -0.1) is 13.2 Å². The maximum absolute atomic E-state index is 3.80. The standard InChI is InChI=1S/C14H18BrN/c1-4-10-14(3,11-5-2)16-13-8-6-12(15)7-9-13/h4-9,16H,1-2,10-11H2,3H3. The number of hydrogen-bond acceptors (Lipinski definition) is 1. The average Bonchev–Trinajstić information content (AvgIpc) is 2.22. The van der Waals surface area contributed by atoms with Crippen LogP contribution in [0, 0.1) is 0 Å². The number of nitrogens with one attached hydrogen (secondary N) is 1. The largest absolute Gasteiger partial charge is 0.379 e. The zero-order chi connectivity index (χ0) is 12.0. The molecule has 0 saturated carbocycles. The van der Waals surface area contributed by atoms with E-state index in [0.717, 1.165) is 23.0 Å². The van der Waals surface area contributed by atoms with Gasteiger partial charge in [-0.3, -0.25) is 0 Å². The Morgan fingerprint density at radius 1 is 1.19 bits per heavy atom. The van der Waals surface area contributed by atoms with Gasteiger partial charge >= 0.3 is 0 Å². The predicted octanol–water partition coefficient (Wildman–Crippen LogP) is 4.77. The van der Waals surface area contributed by atoms with Gasteiger partial charge in [-0.05, 0) is 44.0 Å². The van der Waals surface area contributed by atoms with Crippen LogP contribution in [0.25, 0.3) is 0 Å². The molecule has 0 atom stereocenters. The summed E-state index contributed by atoms with van der Waals surface area (Å²) in [6.45, 7) is 9.78. The van der Waals surface area contributed by atoms with E-state index in [2.05, 4.69) is 53.5 Å². The Balaban J connectivity index is 2.78. The smallest absolute Gasteiger partial charge is 0.0414 e. The third-order valence-electron chi connectivity index (χ3n) is 2.48. The normalized spacial score (nSPS) is 10.9. The molecule has 2 heteroatoms. The van der Waals surface area contributed by atoms with Crippen LogP contribution in [0.15, 0.2) is 54.0 Å². The second-order valence-electron chi connectivity index (χ2n) is 4.18. The third kappa shape index (κ3) is 3.86. The zero-order valence-corrected chi connectivity index (χ0v) is 11.3. The number of hydrogen-bond donors (Lipinski definition) is 1. The van der Waals surface area contributed by atoms with E-state index in [1.807, 2.05) is 24.3 Å². The van der Waals surface area contributed by atoms with Gasteiger partial charge in [0, 0.05) is 15.7 Å². The second-order valence-corrected chi connectivity index (χ2v) is 5.09. The Labute approximate surface area is 106 Å². The van der Waals surface area contributed by atoms with Crippen LogP contribution in [0.3, 0.4) is 0 Å². The molecular weight excluding hydrogens is 262 g/mol. The van der Waals surface area contributed by atoms with Gasteiger partial charge in [0.2, 0.25) is 0 Å². The highest BCUT2D eigenvalue weighted by Crippen LogP contribution is 2.24. The SMILES string of the molecule is C=CCC(C)(CC=C)Nc1ccc(Br)cc1. The number of rotatable bonds is 6. The molecule has 1 aromatic rings. The van der Waals surface area contributed by atoms with Crippen molar-refractivity contribution in [3.8, 4) is 0 Å². The predicted molar refractivity (Wildman–Crippen MR) is 75.8 cm³/mol. The Hall–Kier alpha value is -1.02. The summed E-state index contributed by atoms with van der Waals surface area (Å²) in [7, 11) is 0. The third-order valence-corrected chi connectivity index (χ3v) is 3.01. The maximum Gasteiger partial charge on any atom is 0.0414 e. The Morgan fingerprint density at radius 2 is 1.69 bits per heavy atom. The molecule has 0 heterocycles. The molecule has 16 heavy (non-hydrogen) atoms. The Kier molecular flexibility index (Phi) is 4.81. The molecule has 0 aliphatic heterocycles. The summed E-state index contributed by atoms with van der Waals surface area (Å²) in [5.74, 6) is 0. The van der Waals surface area contributed by atoms with Crippen LogP contribution in [0.5, 0.6) is 0 Å². The highest BCUT2D eigenvalue weighted by Gasteiger charge is 2.20. The molecule has 0 fully saturated rings. The van der Waals surface area contributed by atoms with E-state index in [1.54, 1.807) is 0 Å². The molecule has 0 radical (unpaired) electrons. The van der Waals surface area contributed by atoms with E-state index in [1.165, 1.54) is 0 Å². The summed E-state index contributed by atoms with van der Waals surface area (Å²) in [5.41, 5.74) is 1.12. The van der Waals surface area contributed by atoms with Crippen molar-refractivity contribution in [2.75, 3.05) is 5.32 Å². The quantitative estimate of drug-likeness (QED) is 0.740. The van der Waals surface area contributed by atoms with Crippen LogP contribution in [-0.2, 0) is 0 Å². The molecule has 0 saturated heterocycles. The van der Waals surface area contributed by atoms with Crippen molar-refractivity contribution in [2.45, 2.75) is 25.3 Å². The van der Waals surface area contributed by atoms with Gasteiger partial charge in [-0.1, -0.05) is 28.1 Å². The first-order valence-electron chi connectivity index (χ1n) is 5.35. The summed E-state index contributed by atoms with van der Waals surface area (Å²) >= 11 is 3.43. The van der Waals surface area contributed by atoms with Gasteiger partial charge in [0.05, 0.1) is 0 Å². The van der Waals surface area contributed by atoms with E-state index in [0.29, 0.717) is 0 Å². The van der Waals surface area contributed by atoms with Crippen LogP contribution < -0.4 is 5.32 Å². The minimum Gasteiger partial charge on any atom is -0.379 e. The molecule has 0 aliphatic rings. The molecular formula is C14H18BrN. The van der Waals surface area contributed by atoms with Gasteiger partial charge in [0.25, 0.3) is 0 Å². The number of benzene rings is 1. The van der Waals surface area contributed by atoms with Gasteiger partial charge in [0.1, 0.15) is 0 Å². The molecule has 1 rings (SSSR count). The lowest BCUT2D eigenvalue weighted by Gasteiger charge is -2.30. The minimum atomic E-state index is -0.00265. The van der Waals surface area contributed by atoms with Crippen LogP contribution in [0.4, 0.5) is 5.69 Å². The van der Waals surface area contributed by atoms with Crippen molar-refractivity contribution >= 4 is 21.6 Å². The van der Waals surface area contributed by atoms with Gasteiger partial charge in [-0.2, -0.15) is 0 Å². The van der Waals surface area contributed by atoms with Crippen molar-refractivity contribution in [2.24, 2.45) is 0 Å². The van der Waals surface area contributed by atoms with Crippen molar-refractivity contribution < 1.29 is 0 Å². The van der Waals surface area contributed by atoms with E-state index >= 15 is 0 Å². The lowest BCUT2D eigenvalue weighted by atomic mass is 9.93. The minimum absolute atomic E-state index is 0.00265. The summed E-state index contributed by atoms with van der Waals surface area (Å²) < 4.78 is 1.09. The number of anilines is 1. The summed E-state index contributed by atoms with van der Waals surface area (Å²) in [6.07, 6.45) is 5.70. The first-order chi connectivity index (χ1) is 7.59. The van der Waals surface area contributed by atoms with E-state index in [9.17, 15) is 0 Å². The highest BCUT2D eigenvalue weighted by molar-refractivity contribution is 9.10. The van der Waals surface area contributed by atoms with Crippen molar-refractivity contribution in [3.63, 3.8) is 0 Å². The lowest BCUT2D eigenvalue weighted by molar-refractivity contribution is 0.527. The molecule has 0 spiro atoms. The van der Waals surface area contributed by atoms with Crippen molar-refractivity contribution in [3.05, 3.63) is 54.0 Å². The van der Waals surface area contributed by atoms with Crippen LogP contribution >= 0.6 is 15.9 Å². The fourth-order valence-electron chi connectivity index (χ4n) is 1.70. The lowest BCUT2D eigenvalue weighted by Crippen LogP contribution is -2.33. The summed E-state index contributed by atoms with van der Waals surface area (Å²) in [6, 6.07) is 8.19. The Morgan fingerprint density at radius 3 is 2.12 bits per heavy atom. The van der Waals surface area contributed by atoms with E-state index < -0.39 is 0 Å². The van der Waals surface area contributed by atoms with Crippen molar-refractivity contribution in [1.82, 2.24) is 0 Å².